The van der Waals surface area contributed by atoms with E-state index in [2.05, 4.69) is 88.4 Å². The molecule has 0 fully saturated rings. The van der Waals surface area contributed by atoms with Gasteiger partial charge in [0.25, 0.3) is 0 Å². The number of hydrogen-bond acceptors (Lipinski definition) is 8. The molecule has 0 amide bonds. The highest BCUT2D eigenvalue weighted by Crippen LogP contribution is 2.30. The Bertz CT molecular complexity index is 237. The summed E-state index contributed by atoms with van der Waals surface area (Å²) < 4.78 is -0.274. The topological polar surface area (TPSA) is 37.3 Å². The number of rotatable bonds is 6. The van der Waals surface area contributed by atoms with Crippen molar-refractivity contribution >= 4 is 94.4 Å². The molecule has 0 aliphatic rings. The van der Waals surface area contributed by atoms with Gasteiger partial charge in [0.15, 0.2) is 0 Å². The van der Waals surface area contributed by atoms with E-state index in [0.717, 1.165) is 0 Å². The van der Waals surface area contributed by atoms with Crippen molar-refractivity contribution in [1.29, 1.82) is 0 Å². The highest BCUT2D eigenvalue weighted by atomic mass is 32.2. The molecule has 1 N–H and O–H groups in total. The molecule has 0 saturated carbocycles. The lowest BCUT2D eigenvalue weighted by Crippen LogP contribution is -2.41. The molecule has 5 unspecified atom stereocenters. The van der Waals surface area contributed by atoms with E-state index in [0.29, 0.717) is 0 Å². The predicted octanol–water partition coefficient (Wildman–Crippen LogP) is 1.75. The zero-order valence-corrected chi connectivity index (χ0v) is 14.2. The molecule has 96 valence electrons. The smallest absolute Gasteiger partial charge is 0.317 e. The lowest BCUT2D eigenvalue weighted by molar-refractivity contribution is -0.136. The zero-order valence-electron chi connectivity index (χ0n) is 7.95. The molecule has 0 spiro atoms. The molecule has 5 atom stereocenters. The maximum Gasteiger partial charge on any atom is 0.317 e. The maximum atomic E-state index is 10.7. The third kappa shape index (κ3) is 5.27. The molecule has 0 aliphatic carbocycles. The van der Waals surface area contributed by atoms with Crippen LogP contribution < -0.4 is 0 Å². The van der Waals surface area contributed by atoms with Gasteiger partial charge >= 0.3 is 5.97 Å². The van der Waals surface area contributed by atoms with Crippen LogP contribution in [0.3, 0.4) is 0 Å². The van der Waals surface area contributed by atoms with Gasteiger partial charge in [0.1, 0.15) is 5.25 Å². The monoisotopic (exact) mass is 354 g/mol. The van der Waals surface area contributed by atoms with E-state index < -0.39 is 16.5 Å². The predicted molar refractivity (Wildman–Crippen MR) is 93.3 cm³/mol. The van der Waals surface area contributed by atoms with E-state index in [1.54, 1.807) is 0 Å². The minimum absolute atomic E-state index is 0.235. The molecule has 0 aromatic carbocycles. The fourth-order valence-electron chi connectivity index (χ4n) is 0.913. The Balaban J connectivity index is 4.54. The van der Waals surface area contributed by atoms with E-state index >= 15 is 0 Å². The highest BCUT2D eigenvalue weighted by Gasteiger charge is 2.34. The van der Waals surface area contributed by atoms with Crippen LogP contribution in [0.25, 0.3) is 0 Å². The van der Waals surface area contributed by atoms with Crippen molar-refractivity contribution in [2.75, 3.05) is 0 Å². The molecule has 9 heteroatoms. The molecule has 0 saturated heterocycles. The SMILES string of the molecule is O=C(O)C(S)C(S)C(S)C(S)C(S)C(S)S. The van der Waals surface area contributed by atoms with Crippen molar-refractivity contribution in [2.45, 2.75) is 30.8 Å². The van der Waals surface area contributed by atoms with Crippen molar-refractivity contribution in [3.8, 4) is 0 Å². The first-order valence-electron chi connectivity index (χ1n) is 4.19. The Morgan fingerprint density at radius 2 is 1.12 bits per heavy atom. The summed E-state index contributed by atoms with van der Waals surface area (Å²) in [6.07, 6.45) is 0. The standard InChI is InChI=1S/C7H14O2S7/c8-6(9)4(13)2(11)1(10)3(12)5(14)7(15)16/h1-5,7,10-16H,(H,8,9). The summed E-state index contributed by atoms with van der Waals surface area (Å²) in [5.74, 6) is -1.04. The number of aliphatic carboxylic acids is 1. The summed E-state index contributed by atoms with van der Waals surface area (Å²) in [6.45, 7) is 0. The summed E-state index contributed by atoms with van der Waals surface area (Å²) in [5.41, 5.74) is 0. The van der Waals surface area contributed by atoms with Crippen LogP contribution in [0.15, 0.2) is 0 Å². The molecule has 0 rings (SSSR count). The van der Waals surface area contributed by atoms with Crippen LogP contribution >= 0.6 is 88.4 Å². The summed E-state index contributed by atoms with van der Waals surface area (Å²) in [5, 5.41) is 6.45. The number of carboxylic acid groups (broad SMARTS) is 1. The fraction of sp³-hybridized carbons (Fsp3) is 0.857. The number of carbonyl (C=O) groups is 1. The normalized spacial score (nSPS) is 21.2. The second-order valence-corrected chi connectivity index (χ2v) is 7.62. The van der Waals surface area contributed by atoms with E-state index in [1.165, 1.54) is 0 Å². The third-order valence-corrected chi connectivity index (χ3v) is 7.05. The average Bonchev–Trinajstić information content (AvgIpc) is 2.23. The van der Waals surface area contributed by atoms with Crippen LogP contribution in [-0.4, -0.2) is 41.9 Å². The summed E-state index contributed by atoms with van der Waals surface area (Å²) >= 11 is 29.3. The number of carboxylic acids is 1. The average molecular weight is 355 g/mol. The van der Waals surface area contributed by atoms with Crippen LogP contribution in [0.2, 0.25) is 0 Å². The Morgan fingerprint density at radius 3 is 1.44 bits per heavy atom. The Kier molecular flexibility index (Phi) is 9.14. The minimum atomic E-state index is -1.04. The summed E-state index contributed by atoms with van der Waals surface area (Å²) in [7, 11) is 0. The van der Waals surface area contributed by atoms with Gasteiger partial charge in [0, 0.05) is 21.0 Å². The van der Waals surface area contributed by atoms with Gasteiger partial charge in [-0.1, -0.05) is 0 Å². The van der Waals surface area contributed by atoms with Gasteiger partial charge in [0.2, 0.25) is 0 Å². The summed E-state index contributed by atoms with van der Waals surface area (Å²) in [6, 6.07) is 0. The van der Waals surface area contributed by atoms with E-state index in [4.69, 9.17) is 5.11 Å². The van der Waals surface area contributed by atoms with Crippen molar-refractivity contribution in [2.24, 2.45) is 0 Å². The Hall–Kier alpha value is 1.92. The van der Waals surface area contributed by atoms with Gasteiger partial charge in [-0.05, 0) is 0 Å². The van der Waals surface area contributed by atoms with Gasteiger partial charge < -0.3 is 5.11 Å². The molecular formula is C7H14O2S7. The lowest BCUT2D eigenvalue weighted by Gasteiger charge is -2.30. The van der Waals surface area contributed by atoms with Crippen LogP contribution in [0.4, 0.5) is 0 Å². The molecule has 2 nitrogen and oxygen atoms in total. The first kappa shape index (κ1) is 17.9. The van der Waals surface area contributed by atoms with Crippen molar-refractivity contribution in [3.05, 3.63) is 0 Å². The van der Waals surface area contributed by atoms with Crippen LogP contribution in [0.5, 0.6) is 0 Å². The van der Waals surface area contributed by atoms with Crippen LogP contribution in [0, 0.1) is 0 Å². The zero-order chi connectivity index (χ0) is 13.0. The molecular weight excluding hydrogens is 341 g/mol. The number of hydrogen-bond donors (Lipinski definition) is 8. The first-order chi connectivity index (χ1) is 7.20. The highest BCUT2D eigenvalue weighted by molar-refractivity contribution is 8.01. The largest absolute Gasteiger partial charge is 0.480 e. The van der Waals surface area contributed by atoms with Crippen LogP contribution in [0.1, 0.15) is 0 Å². The second-order valence-electron chi connectivity index (χ2n) is 3.16. The third-order valence-electron chi connectivity index (χ3n) is 1.93. The van der Waals surface area contributed by atoms with Gasteiger partial charge in [0.05, 0.1) is 4.58 Å². The fourth-order valence-corrected chi connectivity index (χ4v) is 3.36. The molecule has 0 aromatic heterocycles. The first-order valence-corrected chi connectivity index (χ1v) is 7.81. The molecule has 16 heavy (non-hydrogen) atoms. The van der Waals surface area contributed by atoms with Crippen molar-refractivity contribution in [3.63, 3.8) is 0 Å². The Labute approximate surface area is 134 Å². The molecule has 0 radical (unpaired) electrons. The summed E-state index contributed by atoms with van der Waals surface area (Å²) in [4.78, 5) is 10.7. The molecule has 0 bridgehead atoms. The van der Waals surface area contributed by atoms with E-state index in [1.807, 2.05) is 0 Å². The van der Waals surface area contributed by atoms with Crippen LogP contribution in [-0.2, 0) is 4.79 Å². The Morgan fingerprint density at radius 1 is 0.750 bits per heavy atom. The van der Waals surface area contributed by atoms with Crippen molar-refractivity contribution < 1.29 is 9.90 Å². The lowest BCUT2D eigenvalue weighted by atomic mass is 10.1. The van der Waals surface area contributed by atoms with E-state index in [-0.39, 0.29) is 20.3 Å². The quantitative estimate of drug-likeness (QED) is 0.277. The van der Waals surface area contributed by atoms with Gasteiger partial charge in [-0.15, -0.1) is 0 Å². The number of thiol groups is 7. The maximum absolute atomic E-state index is 10.7. The molecule has 0 aliphatic heterocycles. The molecule has 0 aromatic rings. The second kappa shape index (κ2) is 8.16. The van der Waals surface area contributed by atoms with Gasteiger partial charge in [-0.2, -0.15) is 88.4 Å². The minimum Gasteiger partial charge on any atom is -0.480 e. The van der Waals surface area contributed by atoms with Gasteiger partial charge in [-0.25, -0.2) is 0 Å². The van der Waals surface area contributed by atoms with Crippen molar-refractivity contribution in [1.82, 2.24) is 0 Å². The molecule has 0 heterocycles. The van der Waals surface area contributed by atoms with E-state index in [9.17, 15) is 4.79 Å². The van der Waals surface area contributed by atoms with Gasteiger partial charge in [-0.3, -0.25) is 4.79 Å².